The van der Waals surface area contributed by atoms with E-state index in [0.29, 0.717) is 27.8 Å². The molecule has 0 fully saturated rings. The number of amides is 2. The Labute approximate surface area is 247 Å². The minimum absolute atomic E-state index is 0.0156. The number of rotatable bonds is 13. The summed E-state index contributed by atoms with van der Waals surface area (Å²) in [6.45, 7) is 3.88. The van der Waals surface area contributed by atoms with Crippen molar-refractivity contribution in [2.24, 2.45) is 0 Å². The fourth-order valence-electron chi connectivity index (χ4n) is 4.27. The molecule has 0 radical (unpaired) electrons. The zero-order valence-electron chi connectivity index (χ0n) is 22.9. The normalized spacial score (nSPS) is 12.0. The van der Waals surface area contributed by atoms with Gasteiger partial charge in [-0.05, 0) is 53.8 Å². The Balaban J connectivity index is 2.05. The molecule has 3 aromatic carbocycles. The van der Waals surface area contributed by atoms with Crippen molar-refractivity contribution in [1.29, 1.82) is 0 Å². The van der Waals surface area contributed by atoms with Crippen molar-refractivity contribution in [3.8, 4) is 0 Å². The number of carbonyl (C=O) groups is 2. The summed E-state index contributed by atoms with van der Waals surface area (Å²) >= 11 is 12.6. The summed E-state index contributed by atoms with van der Waals surface area (Å²) in [5, 5.41) is 3.68. The molecule has 3 aromatic rings. The second kappa shape index (κ2) is 14.5. The molecule has 10 heteroatoms. The minimum Gasteiger partial charge on any atom is -0.354 e. The van der Waals surface area contributed by atoms with Gasteiger partial charge in [-0.3, -0.25) is 13.9 Å². The van der Waals surface area contributed by atoms with E-state index >= 15 is 0 Å². The van der Waals surface area contributed by atoms with E-state index in [0.717, 1.165) is 34.5 Å². The standard InChI is InChI=1S/C30H35Cl2N3O4S/c1-4-17-33-30(37)28(18-23-9-7-6-8-10-23)34(20-24-13-14-25(31)19-27(24)32)29(36)21-35(40(3,38)39)26-15-11-22(5-2)12-16-26/h6-16,19,28H,4-5,17-18,20-21H2,1-3H3,(H,33,37). The molecule has 0 aromatic heterocycles. The minimum atomic E-state index is -3.83. The average molecular weight is 605 g/mol. The lowest BCUT2D eigenvalue weighted by Gasteiger charge is -2.33. The Morgan fingerprint density at radius 3 is 2.17 bits per heavy atom. The summed E-state index contributed by atoms with van der Waals surface area (Å²) < 4.78 is 26.8. The van der Waals surface area contributed by atoms with Crippen LogP contribution in [0.15, 0.2) is 72.8 Å². The lowest BCUT2D eigenvalue weighted by molar-refractivity contribution is -0.140. The van der Waals surface area contributed by atoms with E-state index in [1.807, 2.05) is 56.3 Å². The number of benzene rings is 3. The Hall–Kier alpha value is -3.07. The Kier molecular flexibility index (Phi) is 11.4. The predicted octanol–water partition coefficient (Wildman–Crippen LogP) is 5.49. The molecule has 0 aliphatic rings. The number of aryl methyl sites for hydroxylation is 1. The summed E-state index contributed by atoms with van der Waals surface area (Å²) in [6.07, 6.45) is 2.80. The molecule has 2 amide bonds. The molecule has 0 aliphatic heterocycles. The maximum absolute atomic E-state index is 14.1. The van der Waals surface area contributed by atoms with Crippen LogP contribution < -0.4 is 9.62 Å². The van der Waals surface area contributed by atoms with Gasteiger partial charge in [0.25, 0.3) is 0 Å². The zero-order chi connectivity index (χ0) is 29.3. The quantitative estimate of drug-likeness (QED) is 0.280. The van der Waals surface area contributed by atoms with Crippen LogP contribution in [0.3, 0.4) is 0 Å². The molecule has 7 nitrogen and oxygen atoms in total. The third kappa shape index (κ3) is 8.71. The third-order valence-electron chi connectivity index (χ3n) is 6.49. The van der Waals surface area contributed by atoms with E-state index in [9.17, 15) is 18.0 Å². The molecule has 0 aliphatic carbocycles. The van der Waals surface area contributed by atoms with Crippen LogP contribution in [0.2, 0.25) is 10.0 Å². The number of hydrogen-bond acceptors (Lipinski definition) is 4. The second-order valence-corrected chi connectivity index (χ2v) is 12.3. The predicted molar refractivity (Wildman–Crippen MR) is 162 cm³/mol. The number of hydrogen-bond donors (Lipinski definition) is 1. The first-order valence-electron chi connectivity index (χ1n) is 13.1. The number of anilines is 1. The molecule has 1 atom stereocenters. The molecule has 214 valence electrons. The summed E-state index contributed by atoms with van der Waals surface area (Å²) in [6, 6.07) is 20.4. The maximum Gasteiger partial charge on any atom is 0.244 e. The SMILES string of the molecule is CCCNC(=O)C(Cc1ccccc1)N(Cc1ccc(Cl)cc1Cl)C(=O)CN(c1ccc(CC)cc1)S(C)(=O)=O. The molecule has 1 N–H and O–H groups in total. The van der Waals surface area contributed by atoms with Gasteiger partial charge in [0, 0.05) is 29.6 Å². The number of nitrogens with one attached hydrogen (secondary N) is 1. The largest absolute Gasteiger partial charge is 0.354 e. The van der Waals surface area contributed by atoms with Gasteiger partial charge in [-0.15, -0.1) is 0 Å². The first-order chi connectivity index (χ1) is 19.0. The van der Waals surface area contributed by atoms with Crippen LogP contribution in [0, 0.1) is 0 Å². The molecule has 40 heavy (non-hydrogen) atoms. The molecule has 3 rings (SSSR count). The van der Waals surface area contributed by atoms with Gasteiger partial charge in [-0.1, -0.05) is 85.6 Å². The average Bonchev–Trinajstić information content (AvgIpc) is 2.93. The highest BCUT2D eigenvalue weighted by Crippen LogP contribution is 2.25. The van der Waals surface area contributed by atoms with Crippen LogP contribution in [-0.4, -0.2) is 50.5 Å². The third-order valence-corrected chi connectivity index (χ3v) is 8.22. The number of halogens is 2. The molecule has 0 heterocycles. The van der Waals surface area contributed by atoms with Crippen molar-refractivity contribution >= 4 is 50.7 Å². The van der Waals surface area contributed by atoms with Crippen molar-refractivity contribution in [1.82, 2.24) is 10.2 Å². The lowest BCUT2D eigenvalue weighted by Crippen LogP contribution is -2.53. The van der Waals surface area contributed by atoms with E-state index < -0.39 is 28.5 Å². The van der Waals surface area contributed by atoms with Crippen LogP contribution in [0.4, 0.5) is 5.69 Å². The van der Waals surface area contributed by atoms with Crippen molar-refractivity contribution < 1.29 is 18.0 Å². The Morgan fingerprint density at radius 1 is 0.925 bits per heavy atom. The van der Waals surface area contributed by atoms with Crippen molar-refractivity contribution in [2.75, 3.05) is 23.7 Å². The summed E-state index contributed by atoms with van der Waals surface area (Å²) in [5.74, 6) is -0.870. The first kappa shape index (κ1) is 31.5. The van der Waals surface area contributed by atoms with Crippen molar-refractivity contribution in [2.45, 2.75) is 45.7 Å². The van der Waals surface area contributed by atoms with Crippen LogP contribution >= 0.6 is 23.2 Å². The summed E-state index contributed by atoms with van der Waals surface area (Å²) in [4.78, 5) is 29.0. The van der Waals surface area contributed by atoms with E-state index in [-0.39, 0.29) is 18.9 Å². The van der Waals surface area contributed by atoms with Gasteiger partial charge in [-0.25, -0.2) is 8.42 Å². The van der Waals surface area contributed by atoms with Gasteiger partial charge in [0.1, 0.15) is 12.6 Å². The number of sulfonamides is 1. The topological polar surface area (TPSA) is 86.8 Å². The van der Waals surface area contributed by atoms with Gasteiger partial charge >= 0.3 is 0 Å². The van der Waals surface area contributed by atoms with Gasteiger partial charge in [0.05, 0.1) is 11.9 Å². The van der Waals surface area contributed by atoms with Gasteiger partial charge in [0.15, 0.2) is 0 Å². The van der Waals surface area contributed by atoms with E-state index in [1.54, 1.807) is 30.3 Å². The van der Waals surface area contributed by atoms with Crippen molar-refractivity contribution in [3.05, 3.63) is 99.5 Å². The van der Waals surface area contributed by atoms with E-state index in [4.69, 9.17) is 23.2 Å². The van der Waals surface area contributed by atoms with Crippen LogP contribution in [-0.2, 0) is 39.0 Å². The zero-order valence-corrected chi connectivity index (χ0v) is 25.3. The van der Waals surface area contributed by atoms with Crippen molar-refractivity contribution in [3.63, 3.8) is 0 Å². The molecule has 1 unspecified atom stereocenters. The maximum atomic E-state index is 14.1. The van der Waals surface area contributed by atoms with Crippen LogP contribution in [0.5, 0.6) is 0 Å². The highest BCUT2D eigenvalue weighted by atomic mass is 35.5. The lowest BCUT2D eigenvalue weighted by atomic mass is 10.0. The Morgan fingerprint density at radius 2 is 1.60 bits per heavy atom. The fourth-order valence-corrected chi connectivity index (χ4v) is 5.58. The van der Waals surface area contributed by atoms with Gasteiger partial charge in [-0.2, -0.15) is 0 Å². The van der Waals surface area contributed by atoms with E-state index in [1.165, 1.54) is 4.90 Å². The highest BCUT2D eigenvalue weighted by molar-refractivity contribution is 7.92. The molecular formula is C30H35Cl2N3O4S. The van der Waals surface area contributed by atoms with Crippen LogP contribution in [0.1, 0.15) is 37.0 Å². The fraction of sp³-hybridized carbons (Fsp3) is 0.333. The molecule has 0 saturated carbocycles. The summed E-state index contributed by atoms with van der Waals surface area (Å²) in [7, 11) is -3.83. The van der Waals surface area contributed by atoms with Gasteiger partial charge in [0.2, 0.25) is 21.8 Å². The first-order valence-corrected chi connectivity index (χ1v) is 15.8. The second-order valence-electron chi connectivity index (χ2n) is 9.54. The molecule has 0 bridgehead atoms. The number of nitrogens with zero attached hydrogens (tertiary/aromatic N) is 2. The highest BCUT2D eigenvalue weighted by Gasteiger charge is 2.33. The monoisotopic (exact) mass is 603 g/mol. The summed E-state index contributed by atoms with van der Waals surface area (Å²) in [5.41, 5.74) is 2.85. The van der Waals surface area contributed by atoms with Gasteiger partial charge < -0.3 is 10.2 Å². The smallest absolute Gasteiger partial charge is 0.244 e. The van der Waals surface area contributed by atoms with E-state index in [2.05, 4.69) is 5.32 Å². The number of carbonyl (C=O) groups excluding carboxylic acids is 2. The molecule has 0 saturated heterocycles. The Bertz CT molecular complexity index is 1400. The molecule has 0 spiro atoms. The molecular weight excluding hydrogens is 569 g/mol. The van der Waals surface area contributed by atoms with Crippen LogP contribution in [0.25, 0.3) is 0 Å².